The molecule has 1 heterocycles. The number of para-hydroxylation sites is 1. The number of nitro benzene ring substituents is 1. The lowest BCUT2D eigenvalue weighted by Gasteiger charge is -2.10. The number of nitrogens with one attached hydrogen (secondary N) is 1. The van der Waals surface area contributed by atoms with E-state index < -0.39 is 4.92 Å². The Bertz CT molecular complexity index is 937. The second-order valence-electron chi connectivity index (χ2n) is 4.76. The van der Waals surface area contributed by atoms with Crippen molar-refractivity contribution in [1.29, 1.82) is 0 Å². The van der Waals surface area contributed by atoms with Crippen LogP contribution in [0.15, 0.2) is 42.5 Å². The fourth-order valence-electron chi connectivity index (χ4n) is 2.23. The summed E-state index contributed by atoms with van der Waals surface area (Å²) in [5.41, 5.74) is 2.48. The van der Waals surface area contributed by atoms with Crippen molar-refractivity contribution in [3.63, 3.8) is 0 Å². The van der Waals surface area contributed by atoms with E-state index in [0.717, 1.165) is 16.8 Å². The van der Waals surface area contributed by atoms with Crippen molar-refractivity contribution in [3.05, 3.63) is 73.5 Å². The molecule has 0 aliphatic carbocycles. The normalized spacial score (nSPS) is 10.7. The van der Waals surface area contributed by atoms with Gasteiger partial charge in [0.25, 0.3) is 5.69 Å². The molecule has 0 fully saturated rings. The first-order valence-electron chi connectivity index (χ1n) is 6.57. The van der Waals surface area contributed by atoms with Gasteiger partial charge in [0.15, 0.2) is 0 Å². The Morgan fingerprint density at radius 1 is 1.26 bits per heavy atom. The lowest BCUT2D eigenvalue weighted by atomic mass is 10.0. The minimum atomic E-state index is -0.473. The van der Waals surface area contributed by atoms with Gasteiger partial charge in [-0.3, -0.25) is 10.1 Å². The van der Waals surface area contributed by atoms with Crippen LogP contribution in [0.25, 0.3) is 5.69 Å². The molecule has 0 saturated heterocycles. The van der Waals surface area contributed by atoms with Crippen LogP contribution in [0.1, 0.15) is 11.1 Å². The highest BCUT2D eigenvalue weighted by molar-refractivity contribution is 7.71. The molecule has 0 unspecified atom stereocenters. The highest BCUT2D eigenvalue weighted by atomic mass is 35.5. The maximum absolute atomic E-state index is 10.8. The summed E-state index contributed by atoms with van der Waals surface area (Å²) in [4.78, 5) is 10.3. The summed E-state index contributed by atoms with van der Waals surface area (Å²) in [6.07, 6.45) is 0.494. The van der Waals surface area contributed by atoms with E-state index in [1.807, 2.05) is 24.3 Å². The van der Waals surface area contributed by atoms with Crippen molar-refractivity contribution in [2.75, 3.05) is 0 Å². The number of aromatic amines is 1. The molecule has 23 heavy (non-hydrogen) atoms. The summed E-state index contributed by atoms with van der Waals surface area (Å²) in [6, 6.07) is 12.0. The van der Waals surface area contributed by atoms with Crippen LogP contribution in [0.2, 0.25) is 5.02 Å². The minimum absolute atomic E-state index is 0.0352. The molecule has 3 aromatic rings. The second-order valence-corrected chi connectivity index (χ2v) is 5.53. The average molecular weight is 348 g/mol. The predicted molar refractivity (Wildman–Crippen MR) is 87.5 cm³/mol. The van der Waals surface area contributed by atoms with E-state index in [4.69, 9.17) is 23.8 Å². The number of tetrazole rings is 1. The first-order chi connectivity index (χ1) is 11.1. The Hall–Kier alpha value is -2.58. The summed E-state index contributed by atoms with van der Waals surface area (Å²) in [7, 11) is 0. The monoisotopic (exact) mass is 347 g/mol. The van der Waals surface area contributed by atoms with E-state index in [9.17, 15) is 10.1 Å². The maximum Gasteiger partial charge on any atom is 0.270 e. The van der Waals surface area contributed by atoms with Gasteiger partial charge in [0.05, 0.1) is 15.6 Å². The lowest BCUT2D eigenvalue weighted by Crippen LogP contribution is -2.03. The molecule has 0 aliphatic heterocycles. The molecule has 0 radical (unpaired) electrons. The SMILES string of the molecule is O=[N+]([O-])c1ccc(Cc2ccccc2-n2[nH]nnc2=S)c(Cl)c1. The number of rotatable bonds is 4. The van der Waals surface area contributed by atoms with E-state index in [-0.39, 0.29) is 5.69 Å². The summed E-state index contributed by atoms with van der Waals surface area (Å²) in [5, 5.41) is 21.3. The molecule has 3 rings (SSSR count). The van der Waals surface area contributed by atoms with Crippen molar-refractivity contribution in [3.8, 4) is 5.69 Å². The van der Waals surface area contributed by atoms with Gasteiger partial charge in [0.2, 0.25) is 4.77 Å². The molecule has 7 nitrogen and oxygen atoms in total. The number of non-ortho nitro benzene ring substituents is 1. The molecule has 1 N–H and O–H groups in total. The largest absolute Gasteiger partial charge is 0.270 e. The van der Waals surface area contributed by atoms with E-state index in [1.54, 1.807) is 10.7 Å². The Morgan fingerprint density at radius 2 is 2.04 bits per heavy atom. The van der Waals surface area contributed by atoms with Crippen molar-refractivity contribution < 1.29 is 4.92 Å². The van der Waals surface area contributed by atoms with Crippen molar-refractivity contribution in [2.24, 2.45) is 0 Å². The highest BCUT2D eigenvalue weighted by Crippen LogP contribution is 2.26. The molecule has 1 aromatic heterocycles. The molecule has 9 heteroatoms. The van der Waals surface area contributed by atoms with Crippen LogP contribution in [0, 0.1) is 14.9 Å². The highest BCUT2D eigenvalue weighted by Gasteiger charge is 2.12. The van der Waals surface area contributed by atoms with Gasteiger partial charge < -0.3 is 0 Å². The van der Waals surface area contributed by atoms with Crippen LogP contribution in [0.5, 0.6) is 0 Å². The Kier molecular flexibility index (Phi) is 4.18. The lowest BCUT2D eigenvalue weighted by molar-refractivity contribution is -0.384. The molecule has 0 spiro atoms. The number of benzene rings is 2. The van der Waals surface area contributed by atoms with Gasteiger partial charge in [-0.25, -0.2) is 4.68 Å². The van der Waals surface area contributed by atoms with E-state index in [2.05, 4.69) is 15.5 Å². The Balaban J connectivity index is 2.00. The zero-order chi connectivity index (χ0) is 16.4. The number of H-pyrrole nitrogens is 1. The number of aromatic nitrogens is 4. The van der Waals surface area contributed by atoms with Gasteiger partial charge in [-0.1, -0.05) is 46.2 Å². The molecule has 0 bridgehead atoms. The van der Waals surface area contributed by atoms with Crippen LogP contribution >= 0.6 is 23.8 Å². The van der Waals surface area contributed by atoms with Crippen molar-refractivity contribution in [1.82, 2.24) is 20.2 Å². The molecule has 0 saturated carbocycles. The molecular weight excluding hydrogens is 338 g/mol. The summed E-state index contributed by atoms with van der Waals surface area (Å²) in [6.45, 7) is 0. The number of hydrogen-bond acceptors (Lipinski definition) is 5. The van der Waals surface area contributed by atoms with Crippen molar-refractivity contribution >= 4 is 29.5 Å². The predicted octanol–water partition coefficient (Wildman–Crippen LogP) is 3.48. The van der Waals surface area contributed by atoms with Gasteiger partial charge in [0, 0.05) is 18.6 Å². The summed E-state index contributed by atoms with van der Waals surface area (Å²) >= 11 is 11.3. The molecule has 116 valence electrons. The molecule has 0 aliphatic rings. The quantitative estimate of drug-likeness (QED) is 0.443. The van der Waals surface area contributed by atoms with E-state index in [1.165, 1.54) is 12.1 Å². The van der Waals surface area contributed by atoms with Gasteiger partial charge in [0.1, 0.15) is 0 Å². The van der Waals surface area contributed by atoms with Gasteiger partial charge in [-0.15, -0.1) is 0 Å². The molecule has 2 aromatic carbocycles. The second kappa shape index (κ2) is 6.27. The van der Waals surface area contributed by atoms with Crippen molar-refractivity contribution in [2.45, 2.75) is 6.42 Å². The number of nitro groups is 1. The number of hydrogen-bond donors (Lipinski definition) is 1. The first-order valence-corrected chi connectivity index (χ1v) is 7.36. The molecule has 0 atom stereocenters. The van der Waals surface area contributed by atoms with Crippen LogP contribution < -0.4 is 0 Å². The summed E-state index contributed by atoms with van der Waals surface area (Å²) < 4.78 is 1.90. The van der Waals surface area contributed by atoms with Gasteiger partial charge in [-0.2, -0.15) is 5.21 Å². The first kappa shape index (κ1) is 15.3. The number of nitrogens with zero attached hydrogens (tertiary/aromatic N) is 4. The van der Waals surface area contributed by atoms with Crippen LogP contribution in [0.3, 0.4) is 0 Å². The third-order valence-corrected chi connectivity index (χ3v) is 3.95. The van der Waals surface area contributed by atoms with Gasteiger partial charge >= 0.3 is 0 Å². The minimum Gasteiger partial charge on any atom is -0.258 e. The topological polar surface area (TPSA) is 89.6 Å². The van der Waals surface area contributed by atoms with E-state index >= 15 is 0 Å². The zero-order valence-electron chi connectivity index (χ0n) is 11.6. The van der Waals surface area contributed by atoms with E-state index in [0.29, 0.717) is 16.2 Å². The Morgan fingerprint density at radius 3 is 2.70 bits per heavy atom. The number of halogens is 1. The zero-order valence-corrected chi connectivity index (χ0v) is 13.2. The average Bonchev–Trinajstić information content (AvgIpc) is 2.95. The third-order valence-electron chi connectivity index (χ3n) is 3.33. The Labute approximate surface area is 140 Å². The van der Waals surface area contributed by atoms with Crippen LogP contribution in [-0.2, 0) is 6.42 Å². The van der Waals surface area contributed by atoms with Gasteiger partial charge in [-0.05, 0) is 29.4 Å². The van der Waals surface area contributed by atoms with Crippen LogP contribution in [-0.4, -0.2) is 25.1 Å². The maximum atomic E-state index is 10.8. The fourth-order valence-corrected chi connectivity index (χ4v) is 2.65. The van der Waals surface area contributed by atoms with Crippen LogP contribution in [0.4, 0.5) is 5.69 Å². The molecule has 0 amide bonds. The molecular formula is C14H10ClN5O2S. The third kappa shape index (κ3) is 3.13. The smallest absolute Gasteiger partial charge is 0.258 e. The standard InChI is InChI=1S/C14H10ClN5O2S/c15-12-8-11(20(21)22)6-5-9(12)7-10-3-1-2-4-13(10)19-14(23)16-17-18-19/h1-6,8H,7H2,(H,16,18,23). The summed E-state index contributed by atoms with van der Waals surface area (Å²) in [5.74, 6) is 0. The fraction of sp³-hybridized carbons (Fsp3) is 0.0714.